The maximum atomic E-state index is 5.47. The lowest BCUT2D eigenvalue weighted by Gasteiger charge is -2.26. The van der Waals surface area contributed by atoms with E-state index in [1.54, 1.807) is 14.2 Å². The Balaban J connectivity index is 0.906. The van der Waals surface area contributed by atoms with Crippen LogP contribution in [0.2, 0.25) is 0 Å². The maximum absolute atomic E-state index is 5.47. The van der Waals surface area contributed by atoms with Crippen LogP contribution in [0.15, 0.2) is 180 Å². The van der Waals surface area contributed by atoms with Gasteiger partial charge in [0, 0.05) is 24.0 Å². The van der Waals surface area contributed by atoms with Gasteiger partial charge in [-0.05, 0) is 144 Å². The van der Waals surface area contributed by atoms with Crippen LogP contribution in [0.1, 0.15) is 47.2 Å². The molecule has 302 valence electrons. The van der Waals surface area contributed by atoms with Crippen LogP contribution in [-0.2, 0) is 0 Å². The average Bonchev–Trinajstić information content (AvgIpc) is 4.17. The highest BCUT2D eigenvalue weighted by molar-refractivity contribution is 6.04. The molecule has 0 saturated carbocycles. The van der Waals surface area contributed by atoms with Crippen molar-refractivity contribution in [3.05, 3.63) is 192 Å². The number of benzene rings is 7. The first kappa shape index (κ1) is 37.1. The molecule has 2 aliphatic rings. The summed E-state index contributed by atoms with van der Waals surface area (Å²) in [6.45, 7) is 0. The third-order valence-corrected chi connectivity index (χ3v) is 12.0. The first-order valence-electron chi connectivity index (χ1n) is 20.8. The fourth-order valence-corrected chi connectivity index (χ4v) is 8.60. The van der Waals surface area contributed by atoms with E-state index in [-0.39, 0.29) is 12.1 Å². The molecule has 7 aromatic carbocycles. The molecule has 0 saturated heterocycles. The second kappa shape index (κ2) is 15.6. The number of para-hydroxylation sites is 4. The lowest BCUT2D eigenvalue weighted by molar-refractivity contribution is 0.414. The zero-order valence-electron chi connectivity index (χ0n) is 34.2. The molecule has 0 spiro atoms. The van der Waals surface area contributed by atoms with E-state index in [1.807, 2.05) is 72.8 Å². The summed E-state index contributed by atoms with van der Waals surface area (Å²) < 4.78 is 10.9. The zero-order valence-corrected chi connectivity index (χ0v) is 34.2. The van der Waals surface area contributed by atoms with Gasteiger partial charge in [0.15, 0.2) is 0 Å². The largest absolute Gasteiger partial charge is 0.497 e. The maximum Gasteiger partial charge on any atom is 0.138 e. The summed E-state index contributed by atoms with van der Waals surface area (Å²) in [4.78, 5) is 16.6. The average molecular weight is 811 g/mol. The minimum atomic E-state index is -0.0187. The molecule has 2 unspecified atom stereocenters. The third-order valence-electron chi connectivity index (χ3n) is 12.0. The van der Waals surface area contributed by atoms with Gasteiger partial charge in [0.25, 0.3) is 0 Å². The van der Waals surface area contributed by atoms with Crippen molar-refractivity contribution in [2.24, 2.45) is 10.2 Å². The Hall–Kier alpha value is -7.98. The molecule has 2 aromatic heterocycles. The van der Waals surface area contributed by atoms with Crippen LogP contribution >= 0.6 is 0 Å². The first-order chi connectivity index (χ1) is 30.6. The van der Waals surface area contributed by atoms with Gasteiger partial charge < -0.3 is 19.4 Å². The first-order valence-corrected chi connectivity index (χ1v) is 20.8. The van der Waals surface area contributed by atoms with Gasteiger partial charge in [0.05, 0.1) is 71.2 Å². The molecule has 0 amide bonds. The molecular weight excluding hydrogens is 769 g/mol. The van der Waals surface area contributed by atoms with E-state index in [0.717, 1.165) is 103 Å². The molecule has 2 aliphatic heterocycles. The van der Waals surface area contributed by atoms with Crippen molar-refractivity contribution < 1.29 is 9.47 Å². The third kappa shape index (κ3) is 6.91. The van der Waals surface area contributed by atoms with Crippen molar-refractivity contribution in [3.8, 4) is 34.3 Å². The van der Waals surface area contributed by atoms with Crippen molar-refractivity contribution in [3.63, 3.8) is 0 Å². The molecule has 0 fully saturated rings. The minimum absolute atomic E-state index is 0.0187. The Kier molecular flexibility index (Phi) is 9.30. The van der Waals surface area contributed by atoms with Crippen molar-refractivity contribution in [1.29, 1.82) is 0 Å². The molecule has 2 N–H and O–H groups in total. The van der Waals surface area contributed by atoms with Gasteiger partial charge in [-0.2, -0.15) is 10.2 Å². The van der Waals surface area contributed by atoms with Crippen LogP contribution < -0.4 is 19.5 Å². The highest BCUT2D eigenvalue weighted by Gasteiger charge is 2.33. The van der Waals surface area contributed by atoms with Crippen molar-refractivity contribution >= 4 is 44.9 Å². The summed E-state index contributed by atoms with van der Waals surface area (Å²) in [5.41, 5.74) is 14.5. The molecule has 62 heavy (non-hydrogen) atoms. The monoisotopic (exact) mass is 810 g/mol. The second-order valence-electron chi connectivity index (χ2n) is 15.6. The number of ether oxygens (including phenoxy) is 2. The summed E-state index contributed by atoms with van der Waals surface area (Å²) in [7, 11) is 3.38. The lowest BCUT2D eigenvalue weighted by Crippen LogP contribution is -2.20. The number of fused-ring (bicyclic) bond motifs is 2. The summed E-state index contributed by atoms with van der Waals surface area (Å²) in [5, 5.41) is 14.9. The normalized spacial score (nSPS) is 16.2. The molecule has 0 aliphatic carbocycles. The number of hydrazone groups is 2. The number of H-pyrrole nitrogens is 2. The minimum Gasteiger partial charge on any atom is -0.497 e. The van der Waals surface area contributed by atoms with Crippen LogP contribution in [0.3, 0.4) is 0 Å². The van der Waals surface area contributed by atoms with Gasteiger partial charge in [-0.3, -0.25) is 10.0 Å². The smallest absolute Gasteiger partial charge is 0.138 e. The van der Waals surface area contributed by atoms with Gasteiger partial charge in [0.1, 0.15) is 23.1 Å². The number of hydrogen-bond donors (Lipinski definition) is 2. The van der Waals surface area contributed by atoms with E-state index in [4.69, 9.17) is 29.6 Å². The number of nitrogens with one attached hydrogen (secondary N) is 2. The molecule has 0 radical (unpaired) electrons. The zero-order chi connectivity index (χ0) is 41.6. The quantitative estimate of drug-likeness (QED) is 0.142. The van der Waals surface area contributed by atoms with Crippen LogP contribution in [0.5, 0.6) is 11.5 Å². The number of rotatable bonds is 10. The predicted octanol–water partition coefficient (Wildman–Crippen LogP) is 11.5. The van der Waals surface area contributed by atoms with Crippen LogP contribution in [0.4, 0.5) is 11.4 Å². The van der Waals surface area contributed by atoms with E-state index < -0.39 is 0 Å². The summed E-state index contributed by atoms with van der Waals surface area (Å²) in [6, 6.07) is 58.6. The lowest BCUT2D eigenvalue weighted by atomic mass is 9.94. The van der Waals surface area contributed by atoms with E-state index in [0.29, 0.717) is 0 Å². The van der Waals surface area contributed by atoms with Gasteiger partial charge in [-0.1, -0.05) is 48.5 Å². The Morgan fingerprint density at radius 3 is 1.18 bits per heavy atom. The predicted molar refractivity (Wildman–Crippen MR) is 248 cm³/mol. The molecule has 10 nitrogen and oxygen atoms in total. The second-order valence-corrected chi connectivity index (χ2v) is 15.6. The molecule has 10 heteroatoms. The van der Waals surface area contributed by atoms with Gasteiger partial charge >= 0.3 is 0 Å². The number of hydrogen-bond acceptors (Lipinski definition) is 8. The van der Waals surface area contributed by atoms with E-state index in [2.05, 4.69) is 117 Å². The molecular formula is C52H42N8O2. The van der Waals surface area contributed by atoms with Crippen molar-refractivity contribution in [1.82, 2.24) is 19.9 Å². The molecule has 11 rings (SSSR count). The van der Waals surface area contributed by atoms with Crippen LogP contribution in [0.25, 0.3) is 44.8 Å². The fourth-order valence-electron chi connectivity index (χ4n) is 8.60. The number of imidazole rings is 2. The summed E-state index contributed by atoms with van der Waals surface area (Å²) >= 11 is 0. The summed E-state index contributed by atoms with van der Waals surface area (Å²) in [6.07, 6.45) is 1.49. The number of aromatic amines is 2. The van der Waals surface area contributed by atoms with Gasteiger partial charge in [-0.25, -0.2) is 9.97 Å². The topological polar surface area (TPSA) is 107 Å². The van der Waals surface area contributed by atoms with Gasteiger partial charge in [0.2, 0.25) is 0 Å². The van der Waals surface area contributed by atoms with E-state index in [9.17, 15) is 0 Å². The van der Waals surface area contributed by atoms with Crippen LogP contribution in [0, 0.1) is 0 Å². The summed E-state index contributed by atoms with van der Waals surface area (Å²) in [5.74, 6) is 3.33. The van der Waals surface area contributed by atoms with E-state index >= 15 is 0 Å². The molecule has 2 atom stereocenters. The fraction of sp³-hybridized carbons (Fsp3) is 0.115. The number of aromatic nitrogens is 4. The Labute approximate surface area is 358 Å². The number of nitrogens with zero attached hydrogens (tertiary/aromatic N) is 6. The van der Waals surface area contributed by atoms with E-state index in [1.165, 1.54) is 11.1 Å². The Bertz CT molecular complexity index is 2820. The van der Waals surface area contributed by atoms with Crippen molar-refractivity contribution in [2.75, 3.05) is 24.2 Å². The Morgan fingerprint density at radius 2 is 0.806 bits per heavy atom. The number of methoxy groups -OCH3 is 2. The molecule has 4 heterocycles. The highest BCUT2D eigenvalue weighted by Crippen LogP contribution is 2.41. The standard InChI is InChI=1S/C52H42N8O2/c1-61-41-27-19-33(20-28-41)47-31-49(59(57-47)39-23-15-37(16-24-39)51-53-43-7-3-4-8-44(43)54-51)35-11-13-36(14-12-35)50-32-48(34-21-29-42(62-2)30-22-34)58-60(50)40-25-17-38(18-26-40)52-55-45-9-5-6-10-46(45)56-52/h3-30,49-50H,31-32H2,1-2H3,(H,53,54)(H,55,56). The van der Waals surface area contributed by atoms with Crippen LogP contribution in [-0.4, -0.2) is 45.6 Å². The van der Waals surface area contributed by atoms with Gasteiger partial charge in [-0.15, -0.1) is 0 Å². The number of anilines is 2. The SMILES string of the molecule is COc1ccc(C2=NN(c3ccc(-c4nc5ccccc5[nH]4)cc3)C(c3ccc(C4CC(c5ccc(OC)cc5)=NN4c4ccc(-c5nc6ccccc6[nH]5)cc4)cc3)C2)cc1. The Morgan fingerprint density at radius 1 is 0.435 bits per heavy atom. The highest BCUT2D eigenvalue weighted by atomic mass is 16.5. The molecule has 0 bridgehead atoms. The van der Waals surface area contributed by atoms with Crippen molar-refractivity contribution in [2.45, 2.75) is 24.9 Å². The molecule has 9 aromatic rings.